The molecule has 0 spiro atoms. The Morgan fingerprint density at radius 2 is 1.57 bits per heavy atom. The lowest BCUT2D eigenvalue weighted by Gasteiger charge is -2.38. The van der Waals surface area contributed by atoms with Gasteiger partial charge >= 0.3 is 0 Å². The third kappa shape index (κ3) is 2.94. The van der Waals surface area contributed by atoms with E-state index in [2.05, 4.69) is 45.0 Å². The van der Waals surface area contributed by atoms with E-state index in [-0.39, 0.29) is 17.9 Å². The Hall–Kier alpha value is -2.35. The topological polar surface area (TPSA) is 20.3 Å². The monoisotopic (exact) mass is 305 g/mol. The number of hydrogen-bond donors (Lipinski definition) is 0. The second kappa shape index (κ2) is 6.41. The van der Waals surface area contributed by atoms with Gasteiger partial charge in [0.15, 0.2) is 0 Å². The third-order valence-corrected chi connectivity index (χ3v) is 4.82. The van der Waals surface area contributed by atoms with Crippen LogP contribution in [0.15, 0.2) is 66.2 Å². The van der Waals surface area contributed by atoms with Crippen LogP contribution in [0.25, 0.3) is 5.70 Å². The van der Waals surface area contributed by atoms with Gasteiger partial charge in [0.05, 0.1) is 11.7 Å². The summed E-state index contributed by atoms with van der Waals surface area (Å²) < 4.78 is 0. The van der Waals surface area contributed by atoms with E-state index in [0.29, 0.717) is 6.42 Å². The van der Waals surface area contributed by atoms with Gasteiger partial charge in [0.25, 0.3) is 0 Å². The first-order valence-electron chi connectivity index (χ1n) is 8.22. The Bertz CT molecular complexity index is 718. The molecule has 2 heteroatoms. The van der Waals surface area contributed by atoms with Crippen molar-refractivity contribution in [1.29, 1.82) is 0 Å². The van der Waals surface area contributed by atoms with E-state index >= 15 is 0 Å². The van der Waals surface area contributed by atoms with Crippen molar-refractivity contribution < 1.29 is 4.79 Å². The molecule has 1 unspecified atom stereocenters. The number of carbonyl (C=O) groups is 1. The van der Waals surface area contributed by atoms with E-state index in [1.807, 2.05) is 41.3 Å². The molecule has 0 aromatic heterocycles. The highest BCUT2D eigenvalue weighted by Crippen LogP contribution is 2.39. The summed E-state index contributed by atoms with van der Waals surface area (Å²) in [6.07, 6.45) is 0.583. The molecule has 0 radical (unpaired) electrons. The first-order chi connectivity index (χ1) is 11.1. The Morgan fingerprint density at radius 1 is 1.00 bits per heavy atom. The predicted octanol–water partition coefficient (Wildman–Crippen LogP) is 5.05. The van der Waals surface area contributed by atoms with Crippen molar-refractivity contribution in [3.8, 4) is 0 Å². The second-order valence-electron chi connectivity index (χ2n) is 6.35. The fraction of sp³-hybridized carbons (Fsp3) is 0.286. The molecule has 0 saturated heterocycles. The van der Waals surface area contributed by atoms with Crippen molar-refractivity contribution in [2.75, 3.05) is 0 Å². The maximum absolute atomic E-state index is 12.8. The van der Waals surface area contributed by atoms with Crippen LogP contribution in [0.2, 0.25) is 0 Å². The molecule has 23 heavy (non-hydrogen) atoms. The minimum Gasteiger partial charge on any atom is -0.305 e. The zero-order chi connectivity index (χ0) is 16.4. The lowest BCUT2D eigenvalue weighted by Crippen LogP contribution is -2.37. The standard InChI is InChI=1S/C21H23NO/c1-15-14-20(23)22(17(3)18-10-6-4-7-11-18)21(16(15)2)19-12-8-5-9-13-19/h4-13,15,17H,14H2,1-3H3/t15?,17-/m0/s1. The summed E-state index contributed by atoms with van der Waals surface area (Å²) in [6.45, 7) is 6.41. The molecular formula is C21H23NO. The maximum atomic E-state index is 12.8. The first kappa shape index (κ1) is 15.5. The van der Waals surface area contributed by atoms with Gasteiger partial charge in [-0.25, -0.2) is 0 Å². The third-order valence-electron chi connectivity index (χ3n) is 4.82. The molecule has 0 bridgehead atoms. The molecule has 2 aromatic rings. The number of benzene rings is 2. The summed E-state index contributed by atoms with van der Waals surface area (Å²) in [7, 11) is 0. The molecule has 1 aliphatic heterocycles. The SMILES string of the molecule is CC1=C(c2ccccc2)N([C@@H](C)c2ccccc2)C(=O)CC1C. The van der Waals surface area contributed by atoms with E-state index in [0.717, 1.165) is 16.8 Å². The van der Waals surface area contributed by atoms with Crippen molar-refractivity contribution in [2.24, 2.45) is 5.92 Å². The molecule has 0 fully saturated rings. The van der Waals surface area contributed by atoms with Crippen LogP contribution in [0.4, 0.5) is 0 Å². The van der Waals surface area contributed by atoms with Crippen LogP contribution < -0.4 is 0 Å². The van der Waals surface area contributed by atoms with Crippen molar-refractivity contribution in [3.05, 3.63) is 77.4 Å². The van der Waals surface area contributed by atoms with Crippen LogP contribution in [0.1, 0.15) is 44.4 Å². The van der Waals surface area contributed by atoms with Gasteiger partial charge in [-0.05, 0) is 36.5 Å². The van der Waals surface area contributed by atoms with E-state index in [1.54, 1.807) is 0 Å². The minimum atomic E-state index is 0.0290. The Labute approximate surface area is 138 Å². The summed E-state index contributed by atoms with van der Waals surface area (Å²) in [4.78, 5) is 14.8. The molecule has 2 aromatic carbocycles. The summed E-state index contributed by atoms with van der Waals surface area (Å²) in [5.74, 6) is 0.496. The lowest BCUT2D eigenvalue weighted by atomic mass is 9.87. The summed E-state index contributed by atoms with van der Waals surface area (Å²) >= 11 is 0. The number of carbonyl (C=O) groups excluding carboxylic acids is 1. The molecule has 0 aliphatic carbocycles. The summed E-state index contributed by atoms with van der Waals surface area (Å²) in [6, 6.07) is 20.5. The van der Waals surface area contributed by atoms with Gasteiger partial charge in [-0.2, -0.15) is 0 Å². The maximum Gasteiger partial charge on any atom is 0.228 e. The molecule has 2 nitrogen and oxygen atoms in total. The number of nitrogens with zero attached hydrogens (tertiary/aromatic N) is 1. The first-order valence-corrected chi connectivity index (χ1v) is 8.22. The van der Waals surface area contributed by atoms with Gasteiger partial charge in [-0.1, -0.05) is 67.6 Å². The highest BCUT2D eigenvalue weighted by atomic mass is 16.2. The van der Waals surface area contributed by atoms with E-state index < -0.39 is 0 Å². The van der Waals surface area contributed by atoms with Crippen LogP contribution in [0, 0.1) is 5.92 Å². The van der Waals surface area contributed by atoms with E-state index in [4.69, 9.17) is 0 Å². The van der Waals surface area contributed by atoms with Gasteiger partial charge in [0, 0.05) is 6.42 Å². The van der Waals surface area contributed by atoms with Gasteiger partial charge in [0.1, 0.15) is 0 Å². The van der Waals surface area contributed by atoms with Crippen LogP contribution in [0.5, 0.6) is 0 Å². The van der Waals surface area contributed by atoms with Crippen LogP contribution in [-0.2, 0) is 4.79 Å². The average Bonchev–Trinajstić information content (AvgIpc) is 2.59. The lowest BCUT2D eigenvalue weighted by molar-refractivity contribution is -0.131. The largest absolute Gasteiger partial charge is 0.305 e. The second-order valence-corrected chi connectivity index (χ2v) is 6.35. The van der Waals surface area contributed by atoms with Gasteiger partial charge < -0.3 is 4.90 Å². The highest BCUT2D eigenvalue weighted by molar-refractivity contribution is 5.91. The minimum absolute atomic E-state index is 0.0290. The fourth-order valence-electron chi connectivity index (χ4n) is 3.31. The molecule has 2 atom stereocenters. The van der Waals surface area contributed by atoms with Crippen molar-refractivity contribution in [3.63, 3.8) is 0 Å². The molecular weight excluding hydrogens is 282 g/mol. The average molecular weight is 305 g/mol. The molecule has 0 saturated carbocycles. The van der Waals surface area contributed by atoms with Crippen molar-refractivity contribution in [1.82, 2.24) is 4.90 Å². The molecule has 118 valence electrons. The molecule has 0 N–H and O–H groups in total. The van der Waals surface area contributed by atoms with Crippen molar-refractivity contribution >= 4 is 11.6 Å². The van der Waals surface area contributed by atoms with Crippen LogP contribution in [0.3, 0.4) is 0 Å². The highest BCUT2D eigenvalue weighted by Gasteiger charge is 2.33. The summed E-state index contributed by atoms with van der Waals surface area (Å²) in [5.41, 5.74) is 4.65. The Kier molecular flexibility index (Phi) is 4.33. The van der Waals surface area contributed by atoms with Crippen LogP contribution in [-0.4, -0.2) is 10.8 Å². The molecule has 1 amide bonds. The van der Waals surface area contributed by atoms with E-state index in [9.17, 15) is 4.79 Å². The zero-order valence-corrected chi connectivity index (χ0v) is 14.0. The molecule has 3 rings (SSSR count). The number of hydrogen-bond acceptors (Lipinski definition) is 1. The van der Waals surface area contributed by atoms with Gasteiger partial charge in [-0.3, -0.25) is 4.79 Å². The smallest absolute Gasteiger partial charge is 0.228 e. The zero-order valence-electron chi connectivity index (χ0n) is 14.0. The molecule has 1 heterocycles. The Morgan fingerprint density at radius 3 is 2.17 bits per heavy atom. The molecule has 1 aliphatic rings. The number of amides is 1. The van der Waals surface area contributed by atoms with Gasteiger partial charge in [0.2, 0.25) is 5.91 Å². The summed E-state index contributed by atoms with van der Waals surface area (Å²) in [5, 5.41) is 0. The Balaban J connectivity index is 2.10. The normalized spacial score (nSPS) is 19.9. The predicted molar refractivity (Wildman–Crippen MR) is 94.5 cm³/mol. The van der Waals surface area contributed by atoms with Crippen LogP contribution >= 0.6 is 0 Å². The van der Waals surface area contributed by atoms with E-state index in [1.165, 1.54) is 5.57 Å². The van der Waals surface area contributed by atoms with Crippen molar-refractivity contribution in [2.45, 2.75) is 33.2 Å². The van der Waals surface area contributed by atoms with Gasteiger partial charge in [-0.15, -0.1) is 0 Å². The number of allylic oxidation sites excluding steroid dienone is 1. The fourth-order valence-corrected chi connectivity index (χ4v) is 3.31. The quantitative estimate of drug-likeness (QED) is 0.777. The number of rotatable bonds is 3.